The van der Waals surface area contributed by atoms with Crippen molar-refractivity contribution in [3.63, 3.8) is 0 Å². The third-order valence-corrected chi connectivity index (χ3v) is 5.91. The van der Waals surface area contributed by atoms with Gasteiger partial charge < -0.3 is 0 Å². The summed E-state index contributed by atoms with van der Waals surface area (Å²) in [6, 6.07) is 17.3. The molecule has 0 fully saturated rings. The summed E-state index contributed by atoms with van der Waals surface area (Å²) in [5, 5.41) is 0.323. The van der Waals surface area contributed by atoms with E-state index < -0.39 is 15.3 Å². The molecule has 3 aromatic rings. The van der Waals surface area contributed by atoms with Crippen molar-refractivity contribution < 1.29 is 13.2 Å². The summed E-state index contributed by atoms with van der Waals surface area (Å²) in [7, 11) is -3.83. The minimum Gasteiger partial charge on any atom is -0.280 e. The van der Waals surface area contributed by atoms with Crippen molar-refractivity contribution in [2.75, 3.05) is 4.72 Å². The first-order valence-corrected chi connectivity index (χ1v) is 11.3. The van der Waals surface area contributed by atoms with E-state index in [1.165, 1.54) is 30.3 Å². The second kappa shape index (κ2) is 10.1. The Morgan fingerprint density at radius 3 is 2.14 bits per heavy atom. The van der Waals surface area contributed by atoms with Crippen LogP contribution in [-0.2, 0) is 10.0 Å². The zero-order valence-electron chi connectivity index (χ0n) is 15.6. The predicted molar refractivity (Wildman–Crippen MR) is 121 cm³/mol. The van der Waals surface area contributed by atoms with Gasteiger partial charge in [0, 0.05) is 26.9 Å². The van der Waals surface area contributed by atoms with Crippen LogP contribution in [0.2, 0.25) is 10.0 Å². The maximum absolute atomic E-state index is 12.6. The molecule has 0 unspecified atom stereocenters. The fourth-order valence-corrected chi connectivity index (χ4v) is 4.14. The smallest absolute Gasteiger partial charge is 0.261 e. The fraction of sp³-hybridized carbons (Fsp3) is 0.0952. The lowest BCUT2D eigenvalue weighted by molar-refractivity contribution is 0.108. The SMILES string of the molecule is CC.O=C(Cl)c1cccc(NS(=O)(=O)c2ccc(-c3ccc(Cl)cc3Cl)cc2)c1. The molecule has 3 aromatic carbocycles. The van der Waals surface area contributed by atoms with Gasteiger partial charge in [0.25, 0.3) is 15.3 Å². The first-order chi connectivity index (χ1) is 13.8. The lowest BCUT2D eigenvalue weighted by atomic mass is 10.1. The number of sulfonamides is 1. The Labute approximate surface area is 185 Å². The Kier molecular flexibility index (Phi) is 8.11. The average molecular weight is 471 g/mol. The molecule has 0 heterocycles. The third-order valence-electron chi connectivity index (χ3n) is 3.75. The van der Waals surface area contributed by atoms with Crippen molar-refractivity contribution in [1.82, 2.24) is 0 Å². The highest BCUT2D eigenvalue weighted by atomic mass is 35.5. The van der Waals surface area contributed by atoms with E-state index in [0.29, 0.717) is 10.0 Å². The number of carbonyl (C=O) groups is 1. The van der Waals surface area contributed by atoms with Crippen LogP contribution in [0.3, 0.4) is 0 Å². The van der Waals surface area contributed by atoms with Gasteiger partial charge in [-0.15, -0.1) is 0 Å². The topological polar surface area (TPSA) is 63.2 Å². The van der Waals surface area contributed by atoms with Gasteiger partial charge in [0.15, 0.2) is 0 Å². The van der Waals surface area contributed by atoms with Gasteiger partial charge in [-0.2, -0.15) is 0 Å². The lowest BCUT2D eigenvalue weighted by Crippen LogP contribution is -2.13. The van der Waals surface area contributed by atoms with Crippen molar-refractivity contribution in [3.05, 3.63) is 82.3 Å². The Morgan fingerprint density at radius 2 is 1.55 bits per heavy atom. The zero-order valence-corrected chi connectivity index (χ0v) is 18.7. The average Bonchev–Trinajstić information content (AvgIpc) is 2.69. The van der Waals surface area contributed by atoms with Crippen molar-refractivity contribution in [2.45, 2.75) is 18.7 Å². The van der Waals surface area contributed by atoms with E-state index in [9.17, 15) is 13.2 Å². The van der Waals surface area contributed by atoms with Gasteiger partial charge in [-0.1, -0.05) is 61.3 Å². The molecule has 0 bridgehead atoms. The van der Waals surface area contributed by atoms with Crippen LogP contribution < -0.4 is 4.72 Å². The van der Waals surface area contributed by atoms with Crippen LogP contribution in [0.25, 0.3) is 11.1 Å². The van der Waals surface area contributed by atoms with Gasteiger partial charge in [-0.05, 0) is 59.6 Å². The largest absolute Gasteiger partial charge is 0.280 e. The molecular formula is C21H18Cl3NO3S. The molecule has 0 aliphatic carbocycles. The number of halogens is 3. The standard InChI is InChI=1S/C19H12Cl3NO3S.C2H6/c20-14-6-9-17(18(21)11-14)12-4-7-16(8-5-12)27(25,26)23-15-3-1-2-13(10-15)19(22)24;1-2/h1-11,23H;1-2H3. The monoisotopic (exact) mass is 469 g/mol. The van der Waals surface area contributed by atoms with E-state index in [4.69, 9.17) is 34.8 Å². The predicted octanol–water partition coefficient (Wildman–Crippen LogP) is 6.87. The first-order valence-electron chi connectivity index (χ1n) is 8.64. The molecule has 0 atom stereocenters. The van der Waals surface area contributed by atoms with E-state index in [1.54, 1.807) is 36.4 Å². The molecule has 3 rings (SSSR count). The Morgan fingerprint density at radius 1 is 0.897 bits per heavy atom. The number of hydrogen-bond donors (Lipinski definition) is 1. The van der Waals surface area contributed by atoms with Crippen LogP contribution in [0.5, 0.6) is 0 Å². The van der Waals surface area contributed by atoms with E-state index in [-0.39, 0.29) is 16.1 Å². The molecule has 0 saturated heterocycles. The molecule has 152 valence electrons. The van der Waals surface area contributed by atoms with Crippen LogP contribution in [0.15, 0.2) is 71.6 Å². The summed E-state index contributed by atoms with van der Waals surface area (Å²) in [5.41, 5.74) is 1.94. The number of rotatable bonds is 5. The summed E-state index contributed by atoms with van der Waals surface area (Å²) in [6.07, 6.45) is 0. The number of nitrogens with one attached hydrogen (secondary N) is 1. The molecule has 0 aliphatic rings. The van der Waals surface area contributed by atoms with Crippen LogP contribution in [0.4, 0.5) is 5.69 Å². The van der Waals surface area contributed by atoms with Gasteiger partial charge in [0.2, 0.25) is 0 Å². The molecule has 0 saturated carbocycles. The van der Waals surface area contributed by atoms with Gasteiger partial charge in [0.05, 0.1) is 4.90 Å². The van der Waals surface area contributed by atoms with E-state index in [1.807, 2.05) is 13.8 Å². The quantitative estimate of drug-likeness (QED) is 0.414. The van der Waals surface area contributed by atoms with Crippen molar-refractivity contribution in [3.8, 4) is 11.1 Å². The summed E-state index contributed by atoms with van der Waals surface area (Å²) in [4.78, 5) is 11.3. The second-order valence-corrected chi connectivity index (χ2v) is 8.48. The maximum atomic E-state index is 12.6. The number of anilines is 1. The third kappa shape index (κ3) is 5.97. The normalized spacial score (nSPS) is 10.7. The van der Waals surface area contributed by atoms with Crippen LogP contribution >= 0.6 is 34.8 Å². The van der Waals surface area contributed by atoms with Crippen molar-refractivity contribution in [1.29, 1.82) is 0 Å². The molecule has 29 heavy (non-hydrogen) atoms. The van der Waals surface area contributed by atoms with E-state index in [0.717, 1.165) is 11.1 Å². The minimum atomic E-state index is -3.83. The molecular weight excluding hydrogens is 453 g/mol. The van der Waals surface area contributed by atoms with E-state index >= 15 is 0 Å². The Bertz CT molecular complexity index is 1110. The molecule has 0 radical (unpaired) electrons. The van der Waals surface area contributed by atoms with E-state index in [2.05, 4.69) is 4.72 Å². The second-order valence-electron chi connectivity index (χ2n) is 5.61. The Balaban J connectivity index is 0.00000145. The lowest BCUT2D eigenvalue weighted by Gasteiger charge is -2.10. The minimum absolute atomic E-state index is 0.0685. The van der Waals surface area contributed by atoms with Gasteiger partial charge in [-0.25, -0.2) is 8.42 Å². The van der Waals surface area contributed by atoms with Crippen molar-refractivity contribution in [2.24, 2.45) is 0 Å². The number of carbonyl (C=O) groups excluding carboxylic acids is 1. The number of benzene rings is 3. The first kappa shape index (κ1) is 23.2. The highest BCUT2D eigenvalue weighted by Gasteiger charge is 2.15. The molecule has 0 aromatic heterocycles. The summed E-state index contributed by atoms with van der Waals surface area (Å²) in [6.45, 7) is 4.00. The molecule has 8 heteroatoms. The molecule has 0 spiro atoms. The molecule has 4 nitrogen and oxygen atoms in total. The number of hydrogen-bond acceptors (Lipinski definition) is 3. The highest BCUT2D eigenvalue weighted by molar-refractivity contribution is 7.92. The molecule has 1 N–H and O–H groups in total. The highest BCUT2D eigenvalue weighted by Crippen LogP contribution is 2.31. The Hall–Kier alpha value is -2.05. The summed E-state index contributed by atoms with van der Waals surface area (Å²) >= 11 is 17.5. The van der Waals surface area contributed by atoms with Gasteiger partial charge >= 0.3 is 0 Å². The summed E-state index contributed by atoms with van der Waals surface area (Å²) in [5.74, 6) is 0. The van der Waals surface area contributed by atoms with Crippen LogP contribution in [0.1, 0.15) is 24.2 Å². The molecule has 0 aliphatic heterocycles. The van der Waals surface area contributed by atoms with Gasteiger partial charge in [0.1, 0.15) is 0 Å². The van der Waals surface area contributed by atoms with Crippen LogP contribution in [0, 0.1) is 0 Å². The zero-order chi connectivity index (χ0) is 21.6. The fourth-order valence-electron chi connectivity index (χ4n) is 2.46. The van der Waals surface area contributed by atoms with Crippen LogP contribution in [-0.4, -0.2) is 13.7 Å². The summed E-state index contributed by atoms with van der Waals surface area (Å²) < 4.78 is 27.6. The van der Waals surface area contributed by atoms with Crippen molar-refractivity contribution >= 4 is 55.8 Å². The van der Waals surface area contributed by atoms with Gasteiger partial charge in [-0.3, -0.25) is 9.52 Å². The maximum Gasteiger partial charge on any atom is 0.261 e. The molecule has 0 amide bonds.